The number of fused-ring (bicyclic) bond motifs is 2. The molecule has 17 heteroatoms. The van der Waals surface area contributed by atoms with E-state index in [1.165, 1.54) is 16.2 Å². The van der Waals surface area contributed by atoms with Gasteiger partial charge in [0, 0.05) is 35.8 Å². The van der Waals surface area contributed by atoms with E-state index in [1.807, 2.05) is 72.1 Å². The van der Waals surface area contributed by atoms with E-state index in [1.54, 1.807) is 0 Å². The van der Waals surface area contributed by atoms with Gasteiger partial charge in [-0.2, -0.15) is 0 Å². The average Bonchev–Trinajstić information content (AvgIpc) is 3.61. The van der Waals surface area contributed by atoms with Crippen LogP contribution < -0.4 is 27.0 Å². The maximum Gasteiger partial charge on any atom is 0.335 e. The third-order valence-corrected chi connectivity index (χ3v) is 14.1. The Morgan fingerprint density at radius 3 is 2.33 bits per heavy atom. The van der Waals surface area contributed by atoms with Gasteiger partial charge in [0.25, 0.3) is 0 Å². The molecule has 0 saturated carbocycles. The minimum Gasteiger partial charge on any atom is -0.368 e. The summed E-state index contributed by atoms with van der Waals surface area (Å²) >= 11 is 2.32. The summed E-state index contributed by atoms with van der Waals surface area (Å²) in [5.74, 6) is -3.33. The molecule has 6 rings (SSSR count). The molecule has 8 N–H and O–H groups in total. The molecule has 3 aromatic carbocycles. The molecule has 2 aliphatic rings. The number of piperidine rings is 2. The molecule has 14 nitrogen and oxygen atoms in total. The van der Waals surface area contributed by atoms with Gasteiger partial charge in [-0.05, 0) is 83.9 Å². The number of nitrogens with zero attached hydrogens (tertiary/aromatic N) is 1. The van der Waals surface area contributed by atoms with E-state index in [-0.39, 0.29) is 43.4 Å². The number of carbonyl (C=O) groups excluding carboxylic acids is 5. The van der Waals surface area contributed by atoms with Gasteiger partial charge >= 0.3 is 7.60 Å². The number of nitrogens with one attached hydrogen (secondary N) is 4. The van der Waals surface area contributed by atoms with E-state index >= 15 is 0 Å². The fraction of sp³-hybridized carbons (Fsp3) is 0.425. The molecule has 0 spiro atoms. The summed E-state index contributed by atoms with van der Waals surface area (Å²) < 4.78 is 12.8. The highest BCUT2D eigenvalue weighted by Gasteiger charge is 2.39. The molecule has 0 bridgehead atoms. The second-order valence-electron chi connectivity index (χ2n) is 14.7. The molecule has 1 aromatic heterocycles. The minimum atomic E-state index is -4.47. The zero-order chi connectivity index (χ0) is 40.5. The number of hydrogen-bond acceptors (Lipinski definition) is 9. The monoisotopic (exact) mass is 836 g/mol. The van der Waals surface area contributed by atoms with Gasteiger partial charge in [0.1, 0.15) is 24.2 Å². The third kappa shape index (κ3) is 11.4. The Morgan fingerprint density at radius 2 is 1.58 bits per heavy atom. The Morgan fingerprint density at radius 1 is 0.860 bits per heavy atom. The molecule has 0 radical (unpaired) electrons. The van der Waals surface area contributed by atoms with Crippen LogP contribution in [0.25, 0.3) is 20.9 Å². The van der Waals surface area contributed by atoms with Crippen molar-refractivity contribution in [2.24, 2.45) is 11.7 Å². The summed E-state index contributed by atoms with van der Waals surface area (Å²) in [5.41, 5.74) is 6.81. The van der Waals surface area contributed by atoms with Crippen molar-refractivity contribution < 1.29 is 38.3 Å². The highest BCUT2D eigenvalue weighted by atomic mass is 32.2. The average molecular weight is 837 g/mol. The Hall–Kier alpha value is -4.31. The fourth-order valence-electron chi connectivity index (χ4n) is 7.49. The van der Waals surface area contributed by atoms with E-state index in [2.05, 4.69) is 21.3 Å². The lowest BCUT2D eigenvalue weighted by molar-refractivity contribution is -0.145. The molecule has 0 aliphatic carbocycles. The minimum absolute atomic E-state index is 0.133. The van der Waals surface area contributed by atoms with Crippen LogP contribution in [0.4, 0.5) is 0 Å². The number of thioether (sulfide) groups is 1. The van der Waals surface area contributed by atoms with Crippen LogP contribution in [0.2, 0.25) is 0 Å². The summed E-state index contributed by atoms with van der Waals surface area (Å²) in [5, 5.41) is 16.6. The Labute approximate surface area is 339 Å². The maximum atomic E-state index is 14.5. The normalized spacial score (nSPS) is 18.1. The number of primary amides is 1. The van der Waals surface area contributed by atoms with Crippen molar-refractivity contribution in [3.8, 4) is 0 Å². The van der Waals surface area contributed by atoms with Gasteiger partial charge in [0.2, 0.25) is 29.5 Å². The summed E-state index contributed by atoms with van der Waals surface area (Å²) in [6.07, 6.45) is 2.98. The highest BCUT2D eigenvalue weighted by Crippen LogP contribution is 2.39. The van der Waals surface area contributed by atoms with E-state index in [0.717, 1.165) is 43.7 Å². The van der Waals surface area contributed by atoms with Crippen molar-refractivity contribution in [3.63, 3.8) is 0 Å². The van der Waals surface area contributed by atoms with E-state index in [0.29, 0.717) is 38.8 Å². The summed E-state index contributed by atoms with van der Waals surface area (Å²) in [6.45, 7) is 1.52. The predicted octanol–water partition coefficient (Wildman–Crippen LogP) is 3.03. The smallest absolute Gasteiger partial charge is 0.335 e. The first-order chi connectivity index (χ1) is 27.4. The van der Waals surface area contributed by atoms with Gasteiger partial charge in [-0.25, -0.2) is 0 Å². The Bertz CT molecular complexity index is 2140. The van der Waals surface area contributed by atoms with Crippen LogP contribution in [0, 0.1) is 5.92 Å². The van der Waals surface area contributed by atoms with Gasteiger partial charge < -0.3 is 41.7 Å². The van der Waals surface area contributed by atoms with E-state index < -0.39 is 60.9 Å². The number of thiophene rings is 1. The van der Waals surface area contributed by atoms with Crippen molar-refractivity contribution in [2.45, 2.75) is 69.1 Å². The molecule has 5 amide bonds. The standard InChI is InChI=1S/C40H49N6O8PS2/c41-36(47)31(20-25-12-13-26-7-1-2-8-28(26)19-25)43-39(50)34-10-5-6-18-46(34)40(51)33(23-56-24-55(52,53)54)45-38(49)32(44-37(48)27-14-16-42-17-15-27)21-29-22-57-35-11-4-3-9-30(29)35/h1-4,7-9,11-13,19,22,27,31-34,42H,5-6,10,14-18,20-21,23-24H2,(H2,41,47)(H,43,50)(H,44,48)(H,45,49)(H2,52,53,54). The zero-order valence-electron chi connectivity index (χ0n) is 31.4. The van der Waals surface area contributed by atoms with Crippen molar-refractivity contribution in [1.29, 1.82) is 0 Å². The first-order valence-electron chi connectivity index (χ1n) is 19.1. The number of carbonyl (C=O) groups is 5. The summed E-state index contributed by atoms with van der Waals surface area (Å²) in [4.78, 5) is 89.4. The van der Waals surface area contributed by atoms with Crippen molar-refractivity contribution in [1.82, 2.24) is 26.2 Å². The molecule has 57 heavy (non-hydrogen) atoms. The van der Waals surface area contributed by atoms with Crippen LogP contribution >= 0.6 is 30.7 Å². The number of hydrogen-bond donors (Lipinski definition) is 7. The fourth-order valence-corrected chi connectivity index (χ4v) is 10.3. The number of amides is 5. The molecule has 2 aliphatic heterocycles. The summed E-state index contributed by atoms with van der Waals surface area (Å²) in [6, 6.07) is 16.8. The number of rotatable bonds is 16. The van der Waals surface area contributed by atoms with Gasteiger partial charge in [-0.3, -0.25) is 28.5 Å². The van der Waals surface area contributed by atoms with Gasteiger partial charge in [0.15, 0.2) is 0 Å². The quantitative estimate of drug-likeness (QED) is 0.0819. The lowest BCUT2D eigenvalue weighted by Crippen LogP contribution is -2.61. The van der Waals surface area contributed by atoms with Crippen LogP contribution in [0.3, 0.4) is 0 Å². The van der Waals surface area contributed by atoms with Crippen molar-refractivity contribution in [3.05, 3.63) is 83.2 Å². The molecular formula is C40H49N6O8PS2. The Balaban J connectivity index is 1.21. The zero-order valence-corrected chi connectivity index (χ0v) is 34.0. The molecule has 3 heterocycles. The van der Waals surface area contributed by atoms with Crippen molar-refractivity contribution in [2.75, 3.05) is 30.9 Å². The number of nitrogens with two attached hydrogens (primary N) is 1. The number of benzene rings is 3. The predicted molar refractivity (Wildman–Crippen MR) is 222 cm³/mol. The second-order valence-corrected chi connectivity index (χ2v) is 18.7. The number of likely N-dealkylation sites (tertiary alicyclic amines) is 1. The van der Waals surface area contributed by atoms with Crippen LogP contribution in [0.1, 0.15) is 43.2 Å². The second kappa shape index (κ2) is 19.4. The largest absolute Gasteiger partial charge is 0.368 e. The van der Waals surface area contributed by atoms with Gasteiger partial charge in [0.05, 0.1) is 5.49 Å². The molecule has 4 aromatic rings. The molecule has 304 valence electrons. The third-order valence-electron chi connectivity index (χ3n) is 10.5. The first kappa shape index (κ1) is 42.3. The topological polar surface area (TPSA) is 220 Å². The lowest BCUT2D eigenvalue weighted by atomic mass is 9.96. The first-order valence-corrected chi connectivity index (χ1v) is 23.0. The highest BCUT2D eigenvalue weighted by molar-refractivity contribution is 8.04. The SMILES string of the molecule is NC(=O)C(Cc1ccc2ccccc2c1)NC(=O)C1CCCCN1C(=O)C(CSCP(=O)(O)O)NC(=O)C(Cc1csc2ccccc12)NC(=O)C1CCNCC1. The molecule has 4 atom stereocenters. The van der Waals surface area contributed by atoms with Gasteiger partial charge in [-0.1, -0.05) is 60.7 Å². The molecule has 2 fully saturated rings. The van der Waals surface area contributed by atoms with Gasteiger partial charge in [-0.15, -0.1) is 23.1 Å². The molecule has 2 saturated heterocycles. The van der Waals surface area contributed by atoms with E-state index in [4.69, 9.17) is 5.73 Å². The molecular weight excluding hydrogens is 788 g/mol. The molecule has 4 unspecified atom stereocenters. The van der Waals surface area contributed by atoms with Crippen LogP contribution in [0.15, 0.2) is 72.1 Å². The Kier molecular flexibility index (Phi) is 14.4. The summed E-state index contributed by atoms with van der Waals surface area (Å²) in [7, 11) is -4.47. The van der Waals surface area contributed by atoms with Crippen LogP contribution in [-0.4, -0.2) is 99.3 Å². The van der Waals surface area contributed by atoms with E-state index in [9.17, 15) is 38.3 Å². The van der Waals surface area contributed by atoms with Crippen LogP contribution in [-0.2, 0) is 41.4 Å². The van der Waals surface area contributed by atoms with Crippen LogP contribution in [0.5, 0.6) is 0 Å². The van der Waals surface area contributed by atoms with Crippen molar-refractivity contribution >= 4 is 81.1 Å². The maximum absolute atomic E-state index is 14.5. The lowest BCUT2D eigenvalue weighted by Gasteiger charge is -2.37.